The van der Waals surface area contributed by atoms with Crippen LogP contribution in [0, 0.1) is 34.1 Å². The fourth-order valence-electron chi connectivity index (χ4n) is 4.06. The van der Waals surface area contributed by atoms with Crippen molar-refractivity contribution < 1.29 is 19.7 Å². The van der Waals surface area contributed by atoms with Crippen LogP contribution in [-0.2, 0) is 5.72 Å². The van der Waals surface area contributed by atoms with Crippen LogP contribution < -0.4 is 11.1 Å². The van der Waals surface area contributed by atoms with Gasteiger partial charge in [0.1, 0.15) is 0 Å². The Balaban J connectivity index is 0.000000193. The second-order valence-electron chi connectivity index (χ2n) is 8.98. The van der Waals surface area contributed by atoms with Crippen molar-refractivity contribution in [3.8, 4) is 0 Å². The van der Waals surface area contributed by atoms with Crippen molar-refractivity contribution in [2.24, 2.45) is 0 Å². The number of thioether (sulfide) groups is 2. The van der Waals surface area contributed by atoms with Crippen LogP contribution >= 0.6 is 23.5 Å². The van der Waals surface area contributed by atoms with E-state index < -0.39 is 15.6 Å². The van der Waals surface area contributed by atoms with Crippen molar-refractivity contribution in [3.05, 3.63) is 124 Å². The number of rotatable bonds is 7. The van der Waals surface area contributed by atoms with E-state index in [1.807, 2.05) is 0 Å². The van der Waals surface area contributed by atoms with E-state index in [0.29, 0.717) is 27.3 Å². The molecule has 0 spiro atoms. The number of aryl methyl sites for hydroxylation is 2. The lowest BCUT2D eigenvalue weighted by atomic mass is 10.0. The Morgan fingerprint density at radius 1 is 1.05 bits per heavy atom. The SMILES string of the molecule is Cc1cc(=O)[nH]c(SCC(=O)c2cccc([N+](=O)[O-])c2)n1.Cc1cc(=O)nc2n1C(O)(c1cccc([N+](=O)[O-])c1)CS2. The fraction of sp³-hybridized carbons (Fsp3) is 0.192. The number of ketones is 1. The lowest BCUT2D eigenvalue weighted by Gasteiger charge is -2.27. The molecule has 0 saturated heterocycles. The lowest BCUT2D eigenvalue weighted by Crippen LogP contribution is -2.36. The van der Waals surface area contributed by atoms with Gasteiger partial charge in [0.05, 0.1) is 21.4 Å². The van der Waals surface area contributed by atoms with Crippen LogP contribution in [-0.4, -0.2) is 51.8 Å². The minimum atomic E-state index is -1.45. The normalized spacial score (nSPS) is 15.3. The van der Waals surface area contributed by atoms with Crippen LogP contribution in [0.5, 0.6) is 0 Å². The van der Waals surface area contributed by atoms with Gasteiger partial charge in [0, 0.05) is 58.9 Å². The summed E-state index contributed by atoms with van der Waals surface area (Å²) in [5.74, 6) is 0.00630. The van der Waals surface area contributed by atoms with Crippen LogP contribution in [0.25, 0.3) is 0 Å². The lowest BCUT2D eigenvalue weighted by molar-refractivity contribution is -0.385. The molecule has 4 aromatic rings. The predicted octanol–water partition coefficient (Wildman–Crippen LogP) is 3.22. The van der Waals surface area contributed by atoms with Crippen molar-refractivity contribution in [2.45, 2.75) is 29.9 Å². The van der Waals surface area contributed by atoms with E-state index in [0.717, 1.165) is 11.8 Å². The van der Waals surface area contributed by atoms with Crippen LogP contribution in [0.15, 0.2) is 80.6 Å². The molecule has 42 heavy (non-hydrogen) atoms. The van der Waals surface area contributed by atoms with Gasteiger partial charge in [-0.1, -0.05) is 47.8 Å². The first-order chi connectivity index (χ1) is 19.9. The minimum absolute atomic E-state index is 0.0353. The van der Waals surface area contributed by atoms with Crippen molar-refractivity contribution >= 4 is 40.7 Å². The highest BCUT2D eigenvalue weighted by Gasteiger charge is 2.40. The van der Waals surface area contributed by atoms with Crippen LogP contribution in [0.3, 0.4) is 0 Å². The van der Waals surface area contributed by atoms with Gasteiger partial charge in [-0.15, -0.1) is 0 Å². The second-order valence-corrected chi connectivity index (χ2v) is 10.9. The van der Waals surface area contributed by atoms with Crippen molar-refractivity contribution in [3.63, 3.8) is 0 Å². The standard InChI is InChI=1S/2C13H11N3O4S/c1-8-5-11(17)14-12-15(8)13(18,7-21-12)9-3-2-4-10(6-9)16(19)20;1-8-5-12(18)15-13(14-8)21-7-11(17)9-3-2-4-10(6-9)16(19)20/h2-6,18H,7H2,1H3;2-6H,7H2,1H3,(H,14,15,18). The molecule has 14 nitrogen and oxygen atoms in total. The molecule has 3 heterocycles. The van der Waals surface area contributed by atoms with Gasteiger partial charge in [0.15, 0.2) is 21.8 Å². The summed E-state index contributed by atoms with van der Waals surface area (Å²) in [7, 11) is 0. The second kappa shape index (κ2) is 12.5. The Morgan fingerprint density at radius 2 is 1.71 bits per heavy atom. The number of hydrogen-bond donors (Lipinski definition) is 2. The molecule has 1 aliphatic rings. The Hall–Kier alpha value is -4.67. The van der Waals surface area contributed by atoms with Gasteiger partial charge < -0.3 is 10.1 Å². The Bertz CT molecular complexity index is 1830. The van der Waals surface area contributed by atoms with Crippen LogP contribution in [0.1, 0.15) is 27.3 Å². The number of non-ortho nitro benzene ring substituents is 2. The summed E-state index contributed by atoms with van der Waals surface area (Å²) < 4.78 is 1.54. The largest absolute Gasteiger partial charge is 0.366 e. The third-order valence-corrected chi connectivity index (χ3v) is 7.89. The van der Waals surface area contributed by atoms with Crippen molar-refractivity contribution in [1.82, 2.24) is 19.5 Å². The number of nitro groups is 2. The van der Waals surface area contributed by atoms with Crippen LogP contribution in [0.2, 0.25) is 0 Å². The molecule has 2 N–H and O–H groups in total. The maximum absolute atomic E-state index is 12.0. The Kier molecular flexibility index (Phi) is 8.99. The zero-order valence-electron chi connectivity index (χ0n) is 22.0. The third-order valence-electron chi connectivity index (χ3n) is 5.94. The predicted molar refractivity (Wildman–Crippen MR) is 154 cm³/mol. The van der Waals surface area contributed by atoms with Gasteiger partial charge >= 0.3 is 0 Å². The van der Waals surface area contributed by atoms with Crippen molar-refractivity contribution in [2.75, 3.05) is 11.5 Å². The van der Waals surface area contributed by atoms with Gasteiger partial charge in [0.2, 0.25) is 0 Å². The summed E-state index contributed by atoms with van der Waals surface area (Å²) in [5.41, 5.74) is -0.547. The first kappa shape index (κ1) is 30.3. The number of carbonyl (C=O) groups excluding carboxylic acids is 1. The average Bonchev–Trinajstić information content (AvgIpc) is 3.29. The molecule has 1 unspecified atom stereocenters. The summed E-state index contributed by atoms with van der Waals surface area (Å²) in [5, 5.41) is 33.3. The minimum Gasteiger partial charge on any atom is -0.366 e. The molecule has 16 heteroatoms. The average molecular weight is 611 g/mol. The first-order valence-corrected chi connectivity index (χ1v) is 14.0. The van der Waals surface area contributed by atoms with Gasteiger partial charge in [0.25, 0.3) is 22.5 Å². The van der Waals surface area contributed by atoms with Crippen LogP contribution in [0.4, 0.5) is 11.4 Å². The molecular formula is C26H22N6O8S2. The molecule has 216 valence electrons. The molecule has 0 amide bonds. The number of nitrogens with zero attached hydrogens (tertiary/aromatic N) is 5. The molecular weight excluding hydrogens is 588 g/mol. The summed E-state index contributed by atoms with van der Waals surface area (Å²) in [6.45, 7) is 3.38. The van der Waals surface area contributed by atoms with E-state index in [9.17, 15) is 39.7 Å². The molecule has 0 fully saturated rings. The van der Waals surface area contributed by atoms with E-state index in [-0.39, 0.29) is 45.3 Å². The quantitative estimate of drug-likeness (QED) is 0.102. The molecule has 1 atom stereocenters. The van der Waals surface area contributed by atoms with Gasteiger partial charge in [-0.2, -0.15) is 4.98 Å². The van der Waals surface area contributed by atoms with E-state index >= 15 is 0 Å². The van der Waals surface area contributed by atoms with Gasteiger partial charge in [-0.3, -0.25) is 39.2 Å². The number of Topliss-reactive ketones (excluding diaryl/α,β-unsaturated/α-hetero) is 1. The number of nitrogens with one attached hydrogen (secondary N) is 1. The number of aromatic nitrogens is 4. The zero-order chi connectivity index (χ0) is 30.6. The molecule has 5 rings (SSSR count). The number of nitro benzene ring substituents is 2. The highest BCUT2D eigenvalue weighted by molar-refractivity contribution is 7.99. The smallest absolute Gasteiger partial charge is 0.273 e. The van der Waals surface area contributed by atoms with Gasteiger partial charge in [-0.25, -0.2) is 4.98 Å². The topological polar surface area (TPSA) is 204 Å². The number of aliphatic hydroxyl groups is 1. The molecule has 0 aliphatic carbocycles. The molecule has 0 radical (unpaired) electrons. The summed E-state index contributed by atoms with van der Waals surface area (Å²) >= 11 is 2.32. The van der Waals surface area contributed by atoms with E-state index in [1.54, 1.807) is 19.9 Å². The van der Waals surface area contributed by atoms with Gasteiger partial charge in [-0.05, 0) is 13.8 Å². The van der Waals surface area contributed by atoms with E-state index in [4.69, 9.17) is 0 Å². The third kappa shape index (κ3) is 6.79. The molecule has 2 aromatic heterocycles. The number of fused-ring (bicyclic) bond motifs is 1. The Morgan fingerprint density at radius 3 is 2.38 bits per heavy atom. The zero-order valence-corrected chi connectivity index (χ0v) is 23.7. The van der Waals surface area contributed by atoms with E-state index in [2.05, 4.69) is 15.0 Å². The number of hydrogen-bond acceptors (Lipinski definition) is 12. The first-order valence-electron chi connectivity index (χ1n) is 12.1. The summed E-state index contributed by atoms with van der Waals surface area (Å²) in [6, 6.07) is 14.1. The summed E-state index contributed by atoms with van der Waals surface area (Å²) in [6.07, 6.45) is 0. The highest BCUT2D eigenvalue weighted by atomic mass is 32.2. The summed E-state index contributed by atoms with van der Waals surface area (Å²) in [4.78, 5) is 65.7. The molecule has 0 bridgehead atoms. The molecule has 2 aromatic carbocycles. The number of carbonyl (C=O) groups is 1. The fourth-order valence-corrected chi connectivity index (χ4v) is 6.08. The maximum atomic E-state index is 12.0. The Labute approximate surface area is 245 Å². The monoisotopic (exact) mass is 610 g/mol. The maximum Gasteiger partial charge on any atom is 0.273 e. The number of aromatic amines is 1. The van der Waals surface area contributed by atoms with E-state index in [1.165, 1.54) is 70.9 Å². The molecule has 1 aliphatic heterocycles. The number of benzene rings is 2. The highest BCUT2D eigenvalue weighted by Crippen LogP contribution is 2.40. The number of H-pyrrole nitrogens is 1. The molecule has 0 saturated carbocycles. The van der Waals surface area contributed by atoms with Crippen molar-refractivity contribution in [1.29, 1.82) is 0 Å².